The molecule has 2 heterocycles. The minimum Gasteiger partial charge on any atom is -0.477 e. The van der Waals surface area contributed by atoms with E-state index in [1.807, 2.05) is 66.7 Å². The number of amides is 2. The summed E-state index contributed by atoms with van der Waals surface area (Å²) in [5.41, 5.74) is 2.53. The Kier molecular flexibility index (Phi) is 6.91. The molecule has 9 nitrogen and oxygen atoms in total. The number of ether oxygens (including phenoxy) is 1. The van der Waals surface area contributed by atoms with E-state index in [0.29, 0.717) is 34.8 Å². The first-order valence-electron chi connectivity index (χ1n) is 13.0. The Morgan fingerprint density at radius 2 is 1.72 bits per heavy atom. The van der Waals surface area contributed by atoms with Gasteiger partial charge < -0.3 is 15.4 Å². The van der Waals surface area contributed by atoms with E-state index in [2.05, 4.69) is 20.9 Å². The maximum absolute atomic E-state index is 13.4. The van der Waals surface area contributed by atoms with Gasteiger partial charge in [0.15, 0.2) is 17.0 Å². The van der Waals surface area contributed by atoms with Gasteiger partial charge in [-0.05, 0) is 67.0 Å². The van der Waals surface area contributed by atoms with Crippen LogP contribution in [-0.2, 0) is 5.41 Å². The van der Waals surface area contributed by atoms with Crippen LogP contribution in [0.1, 0.15) is 97.7 Å². The average Bonchev–Trinajstić information content (AvgIpc) is 3.40. The number of anilines is 1. The molecule has 9 heteroatoms. The van der Waals surface area contributed by atoms with Crippen molar-refractivity contribution in [3.05, 3.63) is 64.5 Å². The van der Waals surface area contributed by atoms with E-state index in [9.17, 15) is 14.4 Å². The number of Topliss-reactive ketones (excluding diaryl/α,β-unsaturated/α-hetero) is 1. The van der Waals surface area contributed by atoms with Crippen LogP contribution in [-0.4, -0.2) is 44.7 Å². The zero-order chi connectivity index (χ0) is 28.9. The second-order valence-corrected chi connectivity index (χ2v) is 12.8. The monoisotopic (exact) mass is 531 g/mol. The highest BCUT2D eigenvalue weighted by Gasteiger charge is 2.42. The molecule has 3 aromatic rings. The van der Waals surface area contributed by atoms with E-state index < -0.39 is 5.60 Å². The average molecular weight is 532 g/mol. The first-order chi connectivity index (χ1) is 18.0. The number of fused-ring (bicyclic) bond motifs is 1. The van der Waals surface area contributed by atoms with Gasteiger partial charge in [-0.2, -0.15) is 0 Å². The van der Waals surface area contributed by atoms with Gasteiger partial charge in [0.05, 0.1) is 23.1 Å². The van der Waals surface area contributed by atoms with Crippen molar-refractivity contribution in [1.29, 1.82) is 0 Å². The van der Waals surface area contributed by atoms with Crippen molar-refractivity contribution in [2.24, 2.45) is 5.41 Å². The number of ketones is 1. The van der Waals surface area contributed by atoms with Crippen LogP contribution in [0.5, 0.6) is 5.75 Å². The third kappa shape index (κ3) is 5.87. The van der Waals surface area contributed by atoms with E-state index in [1.165, 1.54) is 4.68 Å². The fourth-order valence-corrected chi connectivity index (χ4v) is 4.17. The van der Waals surface area contributed by atoms with Gasteiger partial charge in [0.25, 0.3) is 11.8 Å². The van der Waals surface area contributed by atoms with Crippen LogP contribution in [0.4, 0.5) is 5.69 Å². The molecule has 1 aromatic heterocycles. The Hall–Kier alpha value is -4.01. The van der Waals surface area contributed by atoms with Crippen LogP contribution < -0.4 is 15.4 Å². The lowest BCUT2D eigenvalue weighted by Gasteiger charge is -2.22. The second kappa shape index (κ2) is 9.63. The van der Waals surface area contributed by atoms with E-state index >= 15 is 0 Å². The number of hydrogen-bond acceptors (Lipinski definition) is 6. The summed E-state index contributed by atoms with van der Waals surface area (Å²) in [5.74, 6) is -0.424. The van der Waals surface area contributed by atoms with E-state index in [-0.39, 0.29) is 34.1 Å². The number of carbonyl (C=O) groups is 3. The zero-order valence-electron chi connectivity index (χ0n) is 24.1. The maximum Gasteiger partial charge on any atom is 0.273 e. The maximum atomic E-state index is 13.4. The molecule has 0 radical (unpaired) electrons. The first-order valence-corrected chi connectivity index (χ1v) is 13.0. The lowest BCUT2D eigenvalue weighted by molar-refractivity contribution is 0.0685. The summed E-state index contributed by atoms with van der Waals surface area (Å²) in [6, 6.07) is 8.93. The predicted molar refractivity (Wildman–Crippen MR) is 150 cm³/mol. The van der Waals surface area contributed by atoms with Crippen molar-refractivity contribution in [2.45, 2.75) is 73.3 Å². The molecule has 0 bridgehead atoms. The fraction of sp³-hybridized carbons (Fsp3) is 0.433. The standard InChI is InChI=1S/C30H37N5O4/c1-17-10-11-18(12-23(17)35-15-22(33-34-35)27(38)31-16-28(2,3)4)26(37)32-21-14-19(29(5,6)7)13-20-24(21)39-30(8,9)25(20)36/h10-15H,16H2,1-9H3,(H,31,38)(H,32,37). The van der Waals surface area contributed by atoms with E-state index in [1.54, 1.807) is 32.2 Å². The zero-order valence-corrected chi connectivity index (χ0v) is 24.1. The van der Waals surface area contributed by atoms with Crippen molar-refractivity contribution in [3.63, 3.8) is 0 Å². The van der Waals surface area contributed by atoms with Crippen LogP contribution in [0.3, 0.4) is 0 Å². The summed E-state index contributed by atoms with van der Waals surface area (Å²) in [7, 11) is 0. The highest BCUT2D eigenvalue weighted by Crippen LogP contribution is 2.43. The molecule has 39 heavy (non-hydrogen) atoms. The van der Waals surface area contributed by atoms with Gasteiger partial charge in [0.2, 0.25) is 5.78 Å². The highest BCUT2D eigenvalue weighted by molar-refractivity contribution is 6.11. The van der Waals surface area contributed by atoms with Gasteiger partial charge in [-0.1, -0.05) is 52.8 Å². The van der Waals surface area contributed by atoms with Crippen LogP contribution in [0.2, 0.25) is 0 Å². The summed E-state index contributed by atoms with van der Waals surface area (Å²) in [6.07, 6.45) is 1.54. The molecule has 0 fully saturated rings. The lowest BCUT2D eigenvalue weighted by atomic mass is 9.84. The highest BCUT2D eigenvalue weighted by atomic mass is 16.5. The molecule has 2 amide bonds. The van der Waals surface area contributed by atoms with Crippen LogP contribution >= 0.6 is 0 Å². The quantitative estimate of drug-likeness (QED) is 0.464. The molecule has 2 aromatic carbocycles. The molecule has 0 saturated heterocycles. The number of carbonyl (C=O) groups excluding carboxylic acids is 3. The normalized spacial score (nSPS) is 14.5. The van der Waals surface area contributed by atoms with Gasteiger partial charge in [0.1, 0.15) is 0 Å². The van der Waals surface area contributed by atoms with Crippen molar-refractivity contribution in [2.75, 3.05) is 11.9 Å². The van der Waals surface area contributed by atoms with Gasteiger partial charge >= 0.3 is 0 Å². The molecule has 0 saturated carbocycles. The third-order valence-electron chi connectivity index (χ3n) is 6.58. The second-order valence-electron chi connectivity index (χ2n) is 12.8. The minimum atomic E-state index is -1.01. The Morgan fingerprint density at radius 3 is 2.36 bits per heavy atom. The molecule has 4 rings (SSSR count). The summed E-state index contributed by atoms with van der Waals surface area (Å²) < 4.78 is 7.48. The van der Waals surface area contributed by atoms with Crippen LogP contribution in [0.25, 0.3) is 5.69 Å². The predicted octanol–water partition coefficient (Wildman–Crippen LogP) is 5.26. The summed E-state index contributed by atoms with van der Waals surface area (Å²) in [6.45, 7) is 18.1. The Morgan fingerprint density at radius 1 is 1.03 bits per heavy atom. The SMILES string of the molecule is Cc1ccc(C(=O)Nc2cc(C(C)(C)C)cc3c2OC(C)(C)C3=O)cc1-n1cc(C(=O)NCC(C)(C)C)nn1. The van der Waals surface area contributed by atoms with Gasteiger partial charge in [-0.15, -0.1) is 5.10 Å². The topological polar surface area (TPSA) is 115 Å². The molecule has 0 unspecified atom stereocenters. The molecule has 2 N–H and O–H groups in total. The minimum absolute atomic E-state index is 0.0649. The van der Waals surface area contributed by atoms with Gasteiger partial charge in [-0.25, -0.2) is 4.68 Å². The van der Waals surface area contributed by atoms with Crippen molar-refractivity contribution in [1.82, 2.24) is 20.3 Å². The van der Waals surface area contributed by atoms with Gasteiger partial charge in [0, 0.05) is 12.1 Å². The van der Waals surface area contributed by atoms with E-state index in [4.69, 9.17) is 4.74 Å². The summed E-state index contributed by atoms with van der Waals surface area (Å²) in [4.78, 5) is 39.0. The number of benzene rings is 2. The molecule has 0 aliphatic carbocycles. The molecule has 0 spiro atoms. The Bertz CT molecular complexity index is 1470. The molecule has 0 atom stereocenters. The molecule has 1 aliphatic heterocycles. The molecule has 1 aliphatic rings. The molecular formula is C30H37N5O4. The number of rotatable bonds is 5. The molecular weight excluding hydrogens is 494 g/mol. The number of hydrogen-bond donors (Lipinski definition) is 2. The Balaban J connectivity index is 1.63. The summed E-state index contributed by atoms with van der Waals surface area (Å²) in [5, 5.41) is 14.0. The largest absolute Gasteiger partial charge is 0.477 e. The molecule has 206 valence electrons. The van der Waals surface area contributed by atoms with Crippen LogP contribution in [0, 0.1) is 12.3 Å². The van der Waals surface area contributed by atoms with Crippen molar-refractivity contribution < 1.29 is 19.1 Å². The number of aryl methyl sites for hydroxylation is 1. The van der Waals surface area contributed by atoms with Gasteiger partial charge in [-0.3, -0.25) is 14.4 Å². The van der Waals surface area contributed by atoms with Crippen molar-refractivity contribution in [3.8, 4) is 11.4 Å². The smallest absolute Gasteiger partial charge is 0.273 e. The Labute approximate surface area is 229 Å². The first kappa shape index (κ1) is 28.0. The number of nitrogens with zero attached hydrogens (tertiary/aromatic N) is 3. The summed E-state index contributed by atoms with van der Waals surface area (Å²) >= 11 is 0. The number of aromatic nitrogens is 3. The lowest BCUT2D eigenvalue weighted by Crippen LogP contribution is -2.32. The van der Waals surface area contributed by atoms with Crippen molar-refractivity contribution >= 4 is 23.3 Å². The third-order valence-corrected chi connectivity index (χ3v) is 6.58. The van der Waals surface area contributed by atoms with E-state index in [0.717, 1.165) is 11.1 Å². The fourth-order valence-electron chi connectivity index (χ4n) is 4.17. The number of nitrogens with one attached hydrogen (secondary N) is 2. The van der Waals surface area contributed by atoms with Crippen LogP contribution in [0.15, 0.2) is 36.5 Å².